The van der Waals surface area contributed by atoms with Gasteiger partial charge in [0.1, 0.15) is 11.0 Å². The average Bonchev–Trinajstić information content (AvgIpc) is 2.36. The van der Waals surface area contributed by atoms with Crippen molar-refractivity contribution >= 4 is 39.1 Å². The molecule has 0 radical (unpaired) electrons. The highest BCUT2D eigenvalue weighted by Gasteiger charge is 2.14. The van der Waals surface area contributed by atoms with Crippen molar-refractivity contribution in [2.75, 3.05) is 5.32 Å². The topological polar surface area (TPSA) is 42.0 Å². The largest absolute Gasteiger partial charge is 0.321 e. The number of hydrogen-bond acceptors (Lipinski definition) is 2. The van der Waals surface area contributed by atoms with Crippen LogP contribution in [0.1, 0.15) is 15.9 Å². The zero-order chi connectivity index (χ0) is 14.0. The Morgan fingerprint density at radius 2 is 2.16 bits per heavy atom. The Labute approximate surface area is 122 Å². The van der Waals surface area contributed by atoms with Crippen molar-refractivity contribution in [3.8, 4) is 0 Å². The van der Waals surface area contributed by atoms with Gasteiger partial charge in [0.2, 0.25) is 0 Å². The lowest BCUT2D eigenvalue weighted by molar-refractivity contribution is 0.102. The van der Waals surface area contributed by atoms with E-state index in [1.165, 1.54) is 0 Å². The zero-order valence-electron chi connectivity index (χ0n) is 9.88. The molecule has 0 bridgehead atoms. The molecule has 1 amide bonds. The third-order valence-corrected chi connectivity index (χ3v) is 3.41. The number of halogens is 3. The Morgan fingerprint density at radius 1 is 1.42 bits per heavy atom. The Kier molecular flexibility index (Phi) is 4.17. The van der Waals surface area contributed by atoms with Crippen molar-refractivity contribution in [3.63, 3.8) is 0 Å². The first-order valence-corrected chi connectivity index (χ1v) is 6.53. The van der Waals surface area contributed by atoms with E-state index < -0.39 is 11.7 Å². The van der Waals surface area contributed by atoms with Crippen LogP contribution < -0.4 is 5.32 Å². The maximum absolute atomic E-state index is 13.1. The van der Waals surface area contributed by atoms with Crippen molar-refractivity contribution in [3.05, 3.63) is 57.0 Å². The van der Waals surface area contributed by atoms with Crippen LogP contribution in [0.4, 0.5) is 10.1 Å². The van der Waals surface area contributed by atoms with Gasteiger partial charge in [-0.25, -0.2) is 9.37 Å². The predicted octanol–water partition coefficient (Wildman–Crippen LogP) is 4.20. The Balaban J connectivity index is 2.30. The van der Waals surface area contributed by atoms with Gasteiger partial charge in [-0.3, -0.25) is 4.79 Å². The van der Waals surface area contributed by atoms with Gasteiger partial charge in [-0.15, -0.1) is 0 Å². The smallest absolute Gasteiger partial charge is 0.258 e. The van der Waals surface area contributed by atoms with Crippen molar-refractivity contribution < 1.29 is 9.18 Å². The highest BCUT2D eigenvalue weighted by atomic mass is 79.9. The van der Waals surface area contributed by atoms with Crippen LogP contribution in [0.5, 0.6) is 0 Å². The summed E-state index contributed by atoms with van der Waals surface area (Å²) in [5, 5.41) is 2.62. The number of anilines is 1. The Bertz CT molecular complexity index is 649. The number of rotatable bonds is 2. The van der Waals surface area contributed by atoms with Crippen molar-refractivity contribution in [2.45, 2.75) is 6.92 Å². The maximum atomic E-state index is 13.1. The molecule has 1 heterocycles. The fourth-order valence-corrected chi connectivity index (χ4v) is 2.04. The highest BCUT2D eigenvalue weighted by Crippen LogP contribution is 2.24. The standard InChI is InChI=1S/C13H9BrClFN2O/c1-7-2-3-10(14)11(4-7)18-13(19)9-5-8(16)6-17-12(9)15/h2-6H,1H3,(H,18,19). The molecule has 2 aromatic rings. The summed E-state index contributed by atoms with van der Waals surface area (Å²) in [4.78, 5) is 15.6. The fraction of sp³-hybridized carbons (Fsp3) is 0.0769. The summed E-state index contributed by atoms with van der Waals surface area (Å²) in [6.07, 6.45) is 0.960. The molecule has 0 spiro atoms. The van der Waals surface area contributed by atoms with Crippen molar-refractivity contribution in [2.24, 2.45) is 0 Å². The number of hydrogen-bond donors (Lipinski definition) is 1. The molecule has 2 rings (SSSR count). The lowest BCUT2D eigenvalue weighted by Crippen LogP contribution is -2.14. The molecule has 1 aromatic carbocycles. The minimum atomic E-state index is -0.613. The van der Waals surface area contributed by atoms with Crippen LogP contribution in [0.15, 0.2) is 34.9 Å². The van der Waals surface area contributed by atoms with Gasteiger partial charge >= 0.3 is 0 Å². The second-order valence-electron chi connectivity index (χ2n) is 3.93. The molecule has 0 aliphatic rings. The molecular formula is C13H9BrClFN2O. The van der Waals surface area contributed by atoms with Gasteiger partial charge in [0.25, 0.3) is 5.91 Å². The van der Waals surface area contributed by atoms with E-state index in [1.54, 1.807) is 6.07 Å². The summed E-state index contributed by atoms with van der Waals surface area (Å²) in [7, 11) is 0. The van der Waals surface area contributed by atoms with E-state index >= 15 is 0 Å². The van der Waals surface area contributed by atoms with Crippen LogP contribution in [0.2, 0.25) is 5.15 Å². The number of aromatic nitrogens is 1. The maximum Gasteiger partial charge on any atom is 0.258 e. The van der Waals surface area contributed by atoms with Gasteiger partial charge in [-0.05, 0) is 46.6 Å². The number of pyridine rings is 1. The lowest BCUT2D eigenvalue weighted by atomic mass is 10.2. The first-order valence-electron chi connectivity index (χ1n) is 5.36. The molecule has 98 valence electrons. The predicted molar refractivity (Wildman–Crippen MR) is 76.0 cm³/mol. The van der Waals surface area contributed by atoms with E-state index in [0.717, 1.165) is 22.3 Å². The van der Waals surface area contributed by atoms with Crippen LogP contribution in [0.25, 0.3) is 0 Å². The third-order valence-electron chi connectivity index (χ3n) is 2.42. The number of nitrogens with zero attached hydrogens (tertiary/aromatic N) is 1. The molecule has 19 heavy (non-hydrogen) atoms. The first kappa shape index (κ1) is 14.0. The number of nitrogens with one attached hydrogen (secondary N) is 1. The zero-order valence-corrected chi connectivity index (χ0v) is 12.2. The van der Waals surface area contributed by atoms with Gasteiger partial charge < -0.3 is 5.32 Å². The molecule has 0 fully saturated rings. The van der Waals surface area contributed by atoms with E-state index in [-0.39, 0.29) is 10.7 Å². The van der Waals surface area contributed by atoms with E-state index in [9.17, 15) is 9.18 Å². The second-order valence-corrected chi connectivity index (χ2v) is 5.14. The SMILES string of the molecule is Cc1ccc(Br)c(NC(=O)c2cc(F)cnc2Cl)c1. The van der Waals surface area contributed by atoms with E-state index in [2.05, 4.69) is 26.2 Å². The minimum absolute atomic E-state index is 0.00456. The van der Waals surface area contributed by atoms with Crippen LogP contribution in [-0.4, -0.2) is 10.9 Å². The molecule has 1 aromatic heterocycles. The molecule has 0 saturated heterocycles. The molecule has 0 aliphatic carbocycles. The molecule has 0 aliphatic heterocycles. The second kappa shape index (κ2) is 5.67. The molecule has 3 nitrogen and oxygen atoms in total. The van der Waals surface area contributed by atoms with Crippen LogP contribution in [0, 0.1) is 12.7 Å². The monoisotopic (exact) mass is 342 g/mol. The van der Waals surface area contributed by atoms with E-state index in [4.69, 9.17) is 11.6 Å². The van der Waals surface area contributed by atoms with Gasteiger partial charge in [-0.2, -0.15) is 0 Å². The van der Waals surface area contributed by atoms with Gasteiger partial charge in [-0.1, -0.05) is 17.7 Å². The minimum Gasteiger partial charge on any atom is -0.321 e. The number of carbonyl (C=O) groups is 1. The summed E-state index contributed by atoms with van der Waals surface area (Å²) < 4.78 is 13.8. The average molecular weight is 344 g/mol. The van der Waals surface area contributed by atoms with E-state index in [0.29, 0.717) is 5.69 Å². The van der Waals surface area contributed by atoms with Crippen molar-refractivity contribution in [1.29, 1.82) is 0 Å². The highest BCUT2D eigenvalue weighted by molar-refractivity contribution is 9.10. The lowest BCUT2D eigenvalue weighted by Gasteiger charge is -2.09. The number of aryl methyl sites for hydroxylation is 1. The first-order chi connectivity index (χ1) is 8.97. The summed E-state index contributed by atoms with van der Waals surface area (Å²) in [5.41, 5.74) is 1.57. The van der Waals surface area contributed by atoms with Crippen LogP contribution in [0.3, 0.4) is 0 Å². The van der Waals surface area contributed by atoms with Crippen molar-refractivity contribution in [1.82, 2.24) is 4.98 Å². The Morgan fingerprint density at radius 3 is 2.89 bits per heavy atom. The van der Waals surface area contributed by atoms with E-state index in [1.807, 2.05) is 19.1 Å². The van der Waals surface area contributed by atoms with Crippen LogP contribution >= 0.6 is 27.5 Å². The molecular weight excluding hydrogens is 335 g/mol. The van der Waals surface area contributed by atoms with Gasteiger partial charge in [0.05, 0.1) is 17.4 Å². The summed E-state index contributed by atoms with van der Waals surface area (Å²) in [6, 6.07) is 6.56. The summed E-state index contributed by atoms with van der Waals surface area (Å²) >= 11 is 9.11. The normalized spacial score (nSPS) is 10.3. The third kappa shape index (κ3) is 3.30. The number of carbonyl (C=O) groups excluding carboxylic acids is 1. The quantitative estimate of drug-likeness (QED) is 0.831. The number of benzene rings is 1. The Hall–Kier alpha value is -1.46. The molecule has 1 N–H and O–H groups in total. The molecule has 6 heteroatoms. The molecule has 0 saturated carbocycles. The van der Waals surface area contributed by atoms with Gasteiger partial charge in [0.15, 0.2) is 0 Å². The molecule has 0 unspecified atom stereocenters. The fourth-order valence-electron chi connectivity index (χ4n) is 1.51. The molecule has 0 atom stereocenters. The number of amides is 1. The van der Waals surface area contributed by atoms with Crippen LogP contribution in [-0.2, 0) is 0 Å². The summed E-state index contributed by atoms with van der Waals surface area (Å²) in [6.45, 7) is 1.90. The summed E-state index contributed by atoms with van der Waals surface area (Å²) in [5.74, 6) is -1.12. The van der Waals surface area contributed by atoms with Gasteiger partial charge in [0, 0.05) is 4.47 Å².